The molecule has 1 unspecified atom stereocenters. The molecule has 1 rings (SSSR count). The van der Waals surface area contributed by atoms with Crippen LogP contribution in [0.4, 0.5) is 5.13 Å². The summed E-state index contributed by atoms with van der Waals surface area (Å²) in [6.45, 7) is 10.8. The second-order valence-corrected chi connectivity index (χ2v) is 5.85. The zero-order valence-electron chi connectivity index (χ0n) is 11.7. The van der Waals surface area contributed by atoms with Gasteiger partial charge in [0.05, 0.1) is 5.69 Å². The van der Waals surface area contributed by atoms with E-state index in [1.54, 1.807) is 11.3 Å². The van der Waals surface area contributed by atoms with Gasteiger partial charge in [-0.25, -0.2) is 4.98 Å². The molecule has 0 amide bonds. The van der Waals surface area contributed by atoms with E-state index in [0.29, 0.717) is 12.0 Å². The van der Waals surface area contributed by atoms with Gasteiger partial charge in [0.1, 0.15) is 0 Å². The smallest absolute Gasteiger partial charge is 0.185 e. The number of anilines is 1. The normalized spacial score (nSPS) is 13.1. The summed E-state index contributed by atoms with van der Waals surface area (Å²) in [6, 6.07) is 0.553. The quantitative estimate of drug-likeness (QED) is 0.811. The molecule has 0 aliphatic rings. The Morgan fingerprint density at radius 2 is 2.12 bits per heavy atom. The van der Waals surface area contributed by atoms with Crippen molar-refractivity contribution in [3.63, 3.8) is 0 Å². The van der Waals surface area contributed by atoms with Gasteiger partial charge in [-0.05, 0) is 25.8 Å². The van der Waals surface area contributed by atoms with Gasteiger partial charge in [-0.2, -0.15) is 0 Å². The fourth-order valence-corrected chi connectivity index (χ4v) is 2.38. The van der Waals surface area contributed by atoms with E-state index < -0.39 is 0 Å². The van der Waals surface area contributed by atoms with Crippen molar-refractivity contribution in [1.82, 2.24) is 10.3 Å². The van der Waals surface area contributed by atoms with Crippen molar-refractivity contribution >= 4 is 16.5 Å². The van der Waals surface area contributed by atoms with E-state index in [2.05, 4.69) is 55.3 Å². The molecular formula is C13H25N3S. The molecule has 98 valence electrons. The van der Waals surface area contributed by atoms with E-state index in [0.717, 1.165) is 30.3 Å². The summed E-state index contributed by atoms with van der Waals surface area (Å²) in [4.78, 5) is 6.92. The predicted molar refractivity (Wildman–Crippen MR) is 76.8 cm³/mol. The summed E-state index contributed by atoms with van der Waals surface area (Å²) in [6.07, 6.45) is 1.15. The van der Waals surface area contributed by atoms with Crippen molar-refractivity contribution in [2.24, 2.45) is 5.92 Å². The Labute approximate surface area is 109 Å². The Morgan fingerprint density at radius 1 is 1.41 bits per heavy atom. The number of aromatic nitrogens is 1. The van der Waals surface area contributed by atoms with Crippen molar-refractivity contribution < 1.29 is 0 Å². The van der Waals surface area contributed by atoms with Crippen molar-refractivity contribution in [3.05, 3.63) is 11.1 Å². The summed E-state index contributed by atoms with van der Waals surface area (Å²) in [5, 5.41) is 6.70. The fraction of sp³-hybridized carbons (Fsp3) is 0.769. The Morgan fingerprint density at radius 3 is 2.71 bits per heavy atom. The van der Waals surface area contributed by atoms with Gasteiger partial charge in [0.25, 0.3) is 0 Å². The van der Waals surface area contributed by atoms with Gasteiger partial charge >= 0.3 is 0 Å². The number of nitrogens with one attached hydrogen (secondary N) is 1. The van der Waals surface area contributed by atoms with Crippen molar-refractivity contribution in [1.29, 1.82) is 0 Å². The molecule has 1 aromatic rings. The van der Waals surface area contributed by atoms with Gasteiger partial charge in [-0.1, -0.05) is 20.8 Å². The maximum atomic E-state index is 4.66. The third kappa shape index (κ3) is 4.64. The van der Waals surface area contributed by atoms with E-state index in [4.69, 9.17) is 0 Å². The SMILES string of the molecule is CCC(C)N(C)c1nc(CNCC(C)C)cs1. The molecule has 0 radical (unpaired) electrons. The molecule has 0 aromatic carbocycles. The monoisotopic (exact) mass is 255 g/mol. The molecule has 1 heterocycles. The Balaban J connectivity index is 2.47. The van der Waals surface area contributed by atoms with Crippen molar-refractivity contribution in [3.8, 4) is 0 Å². The first-order valence-corrected chi connectivity index (χ1v) is 7.30. The number of thiazole rings is 1. The predicted octanol–water partition coefficient (Wildman–Crippen LogP) is 3.12. The molecule has 0 aliphatic carbocycles. The topological polar surface area (TPSA) is 28.2 Å². The molecular weight excluding hydrogens is 230 g/mol. The van der Waals surface area contributed by atoms with Crippen LogP contribution >= 0.6 is 11.3 Å². The average molecular weight is 255 g/mol. The molecule has 3 nitrogen and oxygen atoms in total. The molecule has 1 aromatic heterocycles. The first-order chi connectivity index (χ1) is 8.04. The highest BCUT2D eigenvalue weighted by Gasteiger charge is 2.11. The maximum Gasteiger partial charge on any atom is 0.185 e. The van der Waals surface area contributed by atoms with Crippen LogP contribution < -0.4 is 10.2 Å². The first-order valence-electron chi connectivity index (χ1n) is 6.42. The minimum atomic E-state index is 0.553. The van der Waals surface area contributed by atoms with Crippen molar-refractivity contribution in [2.45, 2.75) is 46.7 Å². The minimum Gasteiger partial charge on any atom is -0.348 e. The molecule has 0 bridgehead atoms. The zero-order valence-corrected chi connectivity index (χ0v) is 12.5. The van der Waals surface area contributed by atoms with Gasteiger partial charge in [-0.15, -0.1) is 11.3 Å². The summed E-state index contributed by atoms with van der Waals surface area (Å²) >= 11 is 1.73. The van der Waals surface area contributed by atoms with Crippen LogP contribution in [0.25, 0.3) is 0 Å². The summed E-state index contributed by atoms with van der Waals surface area (Å²) in [5.41, 5.74) is 1.15. The second kappa shape index (κ2) is 6.97. The molecule has 17 heavy (non-hydrogen) atoms. The van der Waals surface area contributed by atoms with Crippen molar-refractivity contribution in [2.75, 3.05) is 18.5 Å². The molecule has 0 saturated carbocycles. The van der Waals surface area contributed by atoms with Crippen LogP contribution in [0.3, 0.4) is 0 Å². The number of hydrogen-bond donors (Lipinski definition) is 1. The van der Waals surface area contributed by atoms with E-state index in [1.807, 2.05) is 0 Å². The standard InChI is InChI=1S/C13H25N3S/c1-6-11(4)16(5)13-15-12(9-17-13)8-14-7-10(2)3/h9-11,14H,6-8H2,1-5H3. The summed E-state index contributed by atoms with van der Waals surface area (Å²) in [5.74, 6) is 0.691. The highest BCUT2D eigenvalue weighted by Crippen LogP contribution is 2.21. The molecule has 1 atom stereocenters. The Bertz CT molecular complexity index is 322. The Kier molecular flexibility index (Phi) is 5.92. The molecule has 0 saturated heterocycles. The van der Waals surface area contributed by atoms with Crippen LogP contribution in [0.15, 0.2) is 5.38 Å². The molecule has 4 heteroatoms. The van der Waals surface area contributed by atoms with Crippen LogP contribution in [0.1, 0.15) is 39.8 Å². The van der Waals surface area contributed by atoms with Gasteiger partial charge in [0, 0.05) is 25.0 Å². The molecule has 0 aliphatic heterocycles. The van der Waals surface area contributed by atoms with Gasteiger partial charge in [0.2, 0.25) is 0 Å². The maximum absolute atomic E-state index is 4.66. The molecule has 1 N–H and O–H groups in total. The van der Waals surface area contributed by atoms with Gasteiger partial charge < -0.3 is 10.2 Å². The third-order valence-corrected chi connectivity index (χ3v) is 3.93. The minimum absolute atomic E-state index is 0.553. The van der Waals surface area contributed by atoms with Crippen LogP contribution in [-0.2, 0) is 6.54 Å². The van der Waals surface area contributed by atoms with Crippen LogP contribution in [-0.4, -0.2) is 24.6 Å². The lowest BCUT2D eigenvalue weighted by molar-refractivity contribution is 0.548. The highest BCUT2D eigenvalue weighted by atomic mass is 32.1. The molecule has 0 spiro atoms. The van der Waals surface area contributed by atoms with E-state index in [9.17, 15) is 0 Å². The van der Waals surface area contributed by atoms with Gasteiger partial charge in [0.15, 0.2) is 5.13 Å². The highest BCUT2D eigenvalue weighted by molar-refractivity contribution is 7.13. The number of hydrogen-bond acceptors (Lipinski definition) is 4. The lowest BCUT2D eigenvalue weighted by Crippen LogP contribution is -2.27. The van der Waals surface area contributed by atoms with Gasteiger partial charge in [-0.3, -0.25) is 0 Å². The van der Waals surface area contributed by atoms with E-state index in [1.165, 1.54) is 0 Å². The zero-order chi connectivity index (χ0) is 12.8. The largest absolute Gasteiger partial charge is 0.348 e. The fourth-order valence-electron chi connectivity index (χ4n) is 1.49. The van der Waals surface area contributed by atoms with Crippen LogP contribution in [0, 0.1) is 5.92 Å². The lowest BCUT2D eigenvalue weighted by atomic mass is 10.2. The van der Waals surface area contributed by atoms with Crippen LogP contribution in [0.5, 0.6) is 0 Å². The van der Waals surface area contributed by atoms with E-state index >= 15 is 0 Å². The Hall–Kier alpha value is -0.610. The number of nitrogens with zero attached hydrogens (tertiary/aromatic N) is 2. The second-order valence-electron chi connectivity index (χ2n) is 5.01. The number of rotatable bonds is 7. The average Bonchev–Trinajstić information content (AvgIpc) is 2.75. The lowest BCUT2D eigenvalue weighted by Gasteiger charge is -2.22. The van der Waals surface area contributed by atoms with Crippen LogP contribution in [0.2, 0.25) is 0 Å². The summed E-state index contributed by atoms with van der Waals surface area (Å²) in [7, 11) is 2.12. The molecule has 0 fully saturated rings. The van der Waals surface area contributed by atoms with E-state index in [-0.39, 0.29) is 0 Å². The first kappa shape index (κ1) is 14.5. The third-order valence-electron chi connectivity index (χ3n) is 2.95. The summed E-state index contributed by atoms with van der Waals surface area (Å²) < 4.78 is 0.